The van der Waals surface area contributed by atoms with Crippen LogP contribution in [-0.4, -0.2) is 40.1 Å². The highest BCUT2D eigenvalue weighted by Gasteiger charge is 2.31. The fourth-order valence-electron chi connectivity index (χ4n) is 2.95. The van der Waals surface area contributed by atoms with Crippen molar-refractivity contribution >= 4 is 37.1 Å². The predicted octanol–water partition coefficient (Wildman–Crippen LogP) is 3.12. The minimum atomic E-state index is -2.38. The molecule has 3 rings (SSSR count). The largest absolute Gasteiger partial charge is 0.288 e. The van der Waals surface area contributed by atoms with Crippen molar-refractivity contribution in [3.05, 3.63) is 35.2 Å². The van der Waals surface area contributed by atoms with Gasteiger partial charge in [0.05, 0.1) is 6.04 Å². The maximum atomic E-state index is 12.3. The molecule has 22 heavy (non-hydrogen) atoms. The molecule has 1 aromatic carbocycles. The third-order valence-corrected chi connectivity index (χ3v) is 5.53. The van der Waals surface area contributed by atoms with Crippen molar-refractivity contribution in [2.24, 2.45) is 4.36 Å². The summed E-state index contributed by atoms with van der Waals surface area (Å²) >= 11 is 1.74. The maximum Gasteiger partial charge on any atom is 0.271 e. The van der Waals surface area contributed by atoms with Crippen molar-refractivity contribution in [2.45, 2.75) is 25.4 Å². The molecule has 6 heteroatoms. The van der Waals surface area contributed by atoms with Crippen LogP contribution in [0.3, 0.4) is 0 Å². The quantitative estimate of drug-likeness (QED) is 0.865. The molecule has 1 aliphatic rings. The van der Waals surface area contributed by atoms with E-state index in [1.807, 2.05) is 12.1 Å². The average Bonchev–Trinajstić information content (AvgIpc) is 3.05. The fraction of sp³-hybridized carbons (Fsp3) is 0.438. The maximum absolute atomic E-state index is 12.3. The molecule has 1 amide bonds. The number of likely N-dealkylation sites (tertiary alicyclic amines) is 1. The van der Waals surface area contributed by atoms with Gasteiger partial charge in [-0.15, -0.1) is 11.3 Å². The lowest BCUT2D eigenvalue weighted by molar-refractivity contribution is -0.122. The Bertz CT molecular complexity index is 810. The smallest absolute Gasteiger partial charge is 0.271 e. The highest BCUT2D eigenvalue weighted by molar-refractivity contribution is 7.92. The Balaban J connectivity index is 1.82. The molecule has 1 aromatic heterocycles. The van der Waals surface area contributed by atoms with Gasteiger partial charge in [0.15, 0.2) is 0 Å². The lowest BCUT2D eigenvalue weighted by atomic mass is 10.1. The second kappa shape index (κ2) is 6.10. The van der Waals surface area contributed by atoms with Crippen LogP contribution in [0, 0.1) is 0 Å². The number of carbonyl (C=O) groups excluding carboxylic acids is 1. The van der Waals surface area contributed by atoms with Crippen LogP contribution in [0.1, 0.15) is 18.4 Å². The zero-order valence-corrected chi connectivity index (χ0v) is 14.5. The highest BCUT2D eigenvalue weighted by atomic mass is 32.2. The first-order chi connectivity index (χ1) is 10.4. The molecule has 2 heterocycles. The molecule has 1 saturated heterocycles. The first-order valence-corrected chi connectivity index (χ1v) is 10.6. The van der Waals surface area contributed by atoms with Gasteiger partial charge >= 0.3 is 0 Å². The number of fused-ring (bicyclic) bond motifs is 1. The van der Waals surface area contributed by atoms with E-state index in [2.05, 4.69) is 26.8 Å². The second-order valence-electron chi connectivity index (χ2n) is 6.00. The van der Waals surface area contributed by atoms with E-state index in [0.717, 1.165) is 25.9 Å². The van der Waals surface area contributed by atoms with Crippen molar-refractivity contribution < 1.29 is 9.00 Å². The SMILES string of the molecule is CS(C)(=O)=NC(=O)[C@@H]1CCCN1Cc1csc2ccccc12. The van der Waals surface area contributed by atoms with Gasteiger partial charge in [-0.2, -0.15) is 4.36 Å². The molecule has 0 saturated carbocycles. The third kappa shape index (κ3) is 3.39. The Morgan fingerprint density at radius 2 is 2.18 bits per heavy atom. The van der Waals surface area contributed by atoms with Crippen LogP contribution in [0.2, 0.25) is 0 Å². The predicted molar refractivity (Wildman–Crippen MR) is 92.7 cm³/mol. The lowest BCUT2D eigenvalue weighted by Crippen LogP contribution is -2.35. The van der Waals surface area contributed by atoms with Gasteiger partial charge in [0.1, 0.15) is 0 Å². The van der Waals surface area contributed by atoms with Crippen LogP contribution < -0.4 is 0 Å². The topological polar surface area (TPSA) is 49.7 Å². The molecular formula is C16H20N2O2S2. The molecule has 0 N–H and O–H groups in total. The molecule has 0 unspecified atom stereocenters. The number of carbonyl (C=O) groups is 1. The Labute approximate surface area is 135 Å². The molecule has 0 bridgehead atoms. The molecule has 0 radical (unpaired) electrons. The molecular weight excluding hydrogens is 316 g/mol. The summed E-state index contributed by atoms with van der Waals surface area (Å²) in [7, 11) is -2.38. The Morgan fingerprint density at radius 1 is 1.41 bits per heavy atom. The van der Waals surface area contributed by atoms with Crippen LogP contribution >= 0.6 is 11.3 Å². The van der Waals surface area contributed by atoms with Crippen molar-refractivity contribution in [2.75, 3.05) is 19.1 Å². The summed E-state index contributed by atoms with van der Waals surface area (Å²) in [6, 6.07) is 8.12. The summed E-state index contributed by atoms with van der Waals surface area (Å²) in [6.45, 7) is 1.65. The monoisotopic (exact) mass is 336 g/mol. The van der Waals surface area contributed by atoms with E-state index in [-0.39, 0.29) is 11.9 Å². The third-order valence-electron chi connectivity index (χ3n) is 3.89. The van der Waals surface area contributed by atoms with Crippen LogP contribution in [0.5, 0.6) is 0 Å². The van der Waals surface area contributed by atoms with Gasteiger partial charge in [0.25, 0.3) is 5.91 Å². The zero-order chi connectivity index (χ0) is 15.7. The number of hydrogen-bond acceptors (Lipinski definition) is 4. The second-order valence-corrected chi connectivity index (χ2v) is 9.45. The van der Waals surface area contributed by atoms with Gasteiger partial charge < -0.3 is 0 Å². The van der Waals surface area contributed by atoms with Gasteiger partial charge in [0, 0.05) is 33.5 Å². The normalized spacial score (nSPS) is 19.6. The van der Waals surface area contributed by atoms with Gasteiger partial charge in [-0.3, -0.25) is 9.69 Å². The number of benzene rings is 1. The summed E-state index contributed by atoms with van der Waals surface area (Å²) < 4.78 is 16.9. The summed E-state index contributed by atoms with van der Waals surface area (Å²) in [5.74, 6) is -0.230. The summed E-state index contributed by atoms with van der Waals surface area (Å²) in [4.78, 5) is 14.5. The van der Waals surface area contributed by atoms with Gasteiger partial charge in [-0.05, 0) is 41.8 Å². The number of rotatable bonds is 3. The van der Waals surface area contributed by atoms with Crippen molar-refractivity contribution in [1.29, 1.82) is 0 Å². The summed E-state index contributed by atoms with van der Waals surface area (Å²) in [5, 5.41) is 3.43. The zero-order valence-electron chi connectivity index (χ0n) is 12.8. The Kier molecular flexibility index (Phi) is 4.34. The van der Waals surface area contributed by atoms with Crippen LogP contribution in [0.4, 0.5) is 0 Å². The van der Waals surface area contributed by atoms with Crippen molar-refractivity contribution in [3.63, 3.8) is 0 Å². The van der Waals surface area contributed by atoms with Crippen LogP contribution in [0.15, 0.2) is 34.0 Å². The van der Waals surface area contributed by atoms with Gasteiger partial charge in [-0.25, -0.2) is 4.21 Å². The van der Waals surface area contributed by atoms with E-state index in [1.165, 1.54) is 28.2 Å². The molecule has 1 aliphatic heterocycles. The van der Waals surface area contributed by atoms with Gasteiger partial charge in [0.2, 0.25) is 0 Å². The Hall–Kier alpha value is -1.24. The molecule has 1 atom stereocenters. The standard InChI is InChI=1S/C16H20N2O2S2/c1-22(2,20)17-16(19)14-7-5-9-18(14)10-12-11-21-15-8-4-3-6-13(12)15/h3-4,6,8,11,14H,5,7,9-10H2,1-2H3/t14-/m0/s1. The van der Waals surface area contributed by atoms with E-state index in [4.69, 9.17) is 0 Å². The molecule has 118 valence electrons. The number of hydrogen-bond donors (Lipinski definition) is 0. The summed E-state index contributed by atoms with van der Waals surface area (Å²) in [5.41, 5.74) is 1.26. The van der Waals surface area contributed by atoms with Crippen molar-refractivity contribution in [3.8, 4) is 0 Å². The lowest BCUT2D eigenvalue weighted by Gasteiger charge is -2.21. The van der Waals surface area contributed by atoms with Crippen molar-refractivity contribution in [1.82, 2.24) is 4.90 Å². The van der Waals surface area contributed by atoms with E-state index in [0.29, 0.717) is 0 Å². The number of thiophene rings is 1. The summed E-state index contributed by atoms with van der Waals surface area (Å²) in [6.07, 6.45) is 4.82. The molecule has 1 fully saturated rings. The first-order valence-electron chi connectivity index (χ1n) is 7.34. The fourth-order valence-corrected chi connectivity index (χ4v) is 4.46. The molecule has 0 spiro atoms. The van der Waals surface area contributed by atoms with E-state index in [9.17, 15) is 9.00 Å². The highest BCUT2D eigenvalue weighted by Crippen LogP contribution is 2.29. The first kappa shape index (κ1) is 15.6. The Morgan fingerprint density at radius 3 is 2.95 bits per heavy atom. The van der Waals surface area contributed by atoms with E-state index < -0.39 is 9.73 Å². The average molecular weight is 336 g/mol. The minimum absolute atomic E-state index is 0.223. The van der Waals surface area contributed by atoms with E-state index >= 15 is 0 Å². The number of nitrogens with zero attached hydrogens (tertiary/aromatic N) is 2. The van der Waals surface area contributed by atoms with Crippen LogP contribution in [0.25, 0.3) is 10.1 Å². The van der Waals surface area contributed by atoms with Crippen LogP contribution in [-0.2, 0) is 21.1 Å². The number of amides is 1. The molecule has 0 aliphatic carbocycles. The molecule has 4 nitrogen and oxygen atoms in total. The van der Waals surface area contributed by atoms with Gasteiger partial charge in [-0.1, -0.05) is 18.2 Å². The van der Waals surface area contributed by atoms with E-state index in [1.54, 1.807) is 11.3 Å². The molecule has 2 aromatic rings. The minimum Gasteiger partial charge on any atom is -0.288 e.